The molecule has 7 amide bonds. The summed E-state index contributed by atoms with van der Waals surface area (Å²) in [5.41, 5.74) is 6.16. The molecule has 6 aromatic rings. The second-order valence-electron chi connectivity index (χ2n) is 24.6. The molecule has 0 bridgehead atoms. The third kappa shape index (κ3) is 9.73. The molecule has 85 heavy (non-hydrogen) atoms. The molecule has 5 fully saturated rings. The van der Waals surface area contributed by atoms with Gasteiger partial charge in [0.15, 0.2) is 5.82 Å². The van der Waals surface area contributed by atoms with E-state index in [0.29, 0.717) is 109 Å². The van der Waals surface area contributed by atoms with Crippen LogP contribution in [0.15, 0.2) is 79.3 Å². The van der Waals surface area contributed by atoms with E-state index in [2.05, 4.69) is 47.7 Å². The Hall–Kier alpha value is -8.59. The van der Waals surface area contributed by atoms with Crippen LogP contribution in [0.2, 0.25) is 0 Å². The number of nitrogens with zero attached hydrogens (tertiary/aromatic N) is 10. The molecule has 3 N–H and O–H groups in total. The normalized spacial score (nSPS) is 21.5. The second kappa shape index (κ2) is 21.8. The van der Waals surface area contributed by atoms with Crippen molar-refractivity contribution in [2.24, 2.45) is 0 Å². The number of piperidine rings is 3. The predicted molar refractivity (Wildman–Crippen MR) is 319 cm³/mol. The minimum absolute atomic E-state index is 0.000704. The smallest absolute Gasteiger partial charge is 0.264 e. The lowest BCUT2D eigenvalue weighted by Gasteiger charge is -2.48. The van der Waals surface area contributed by atoms with Crippen LogP contribution in [0.3, 0.4) is 0 Å². The van der Waals surface area contributed by atoms with E-state index in [9.17, 15) is 28.8 Å². The average molecular weight is 1150 g/mol. The highest BCUT2D eigenvalue weighted by molar-refractivity contribution is 6.25. The van der Waals surface area contributed by atoms with Gasteiger partial charge in [0.05, 0.1) is 51.0 Å². The number of hydrogen-bond acceptors (Lipinski definition) is 14. The Kier molecular flexibility index (Phi) is 14.3. The van der Waals surface area contributed by atoms with Crippen LogP contribution in [-0.2, 0) is 19.8 Å². The van der Waals surface area contributed by atoms with Gasteiger partial charge in [-0.25, -0.2) is 19.3 Å². The molecule has 3 aromatic carbocycles. The Morgan fingerprint density at radius 2 is 1.53 bits per heavy atom. The molecule has 1 saturated carbocycles. The highest BCUT2D eigenvalue weighted by atomic mass is 19.1. The maximum atomic E-state index is 16.0. The number of piperazine rings is 1. The van der Waals surface area contributed by atoms with E-state index >= 15 is 9.18 Å². The molecule has 13 rings (SSSR count). The quantitative estimate of drug-likeness (QED) is 0.100. The summed E-state index contributed by atoms with van der Waals surface area (Å²) in [6.45, 7) is 14.6. The Morgan fingerprint density at radius 1 is 0.776 bits per heavy atom. The zero-order valence-electron chi connectivity index (χ0n) is 48.6. The number of anilines is 5. The number of pyridine rings is 2. The number of aromatic nitrogens is 4. The first-order valence-corrected chi connectivity index (χ1v) is 30.0. The zero-order chi connectivity index (χ0) is 59.2. The lowest BCUT2D eigenvalue weighted by Crippen LogP contribution is -2.58. The number of halogens is 1. The molecular formula is C64H70FN13O7. The minimum atomic E-state index is -1.05. The SMILES string of the molecule is Cc1cc(F)c(Nc2nc(-c3ccc4c(c3)N(C3CC(N5CCCCC5)C3)C(=O)C43CCN(C(=O)c4ccc(N5CCN(c6cccc7c6C(=O)N(C6CCC(=O)NC6=O)C7=O)CC5)nc4)CC3)cc3ncn(C(C)C)c23)cc1C(=O)NC(C)C. The van der Waals surface area contributed by atoms with E-state index in [1.165, 1.54) is 31.4 Å². The number of likely N-dealkylation sites (tertiary alicyclic amines) is 2. The van der Waals surface area contributed by atoms with Gasteiger partial charge in [0, 0.05) is 92.9 Å². The number of rotatable bonds is 12. The van der Waals surface area contributed by atoms with Gasteiger partial charge in [-0.1, -0.05) is 24.6 Å². The van der Waals surface area contributed by atoms with Crippen molar-refractivity contribution in [2.45, 2.75) is 128 Å². The Bertz CT molecular complexity index is 3740. The Morgan fingerprint density at radius 3 is 2.24 bits per heavy atom. The van der Waals surface area contributed by atoms with Crippen LogP contribution in [0.5, 0.6) is 0 Å². The lowest BCUT2D eigenvalue weighted by molar-refractivity contribution is -0.136. The van der Waals surface area contributed by atoms with Crippen molar-refractivity contribution in [3.05, 3.63) is 118 Å². The lowest BCUT2D eigenvalue weighted by atomic mass is 9.73. The Labute approximate surface area is 492 Å². The van der Waals surface area contributed by atoms with Crippen LogP contribution in [0.4, 0.5) is 33.1 Å². The van der Waals surface area contributed by atoms with Gasteiger partial charge < -0.3 is 39.7 Å². The summed E-state index contributed by atoms with van der Waals surface area (Å²) in [7, 11) is 0. The molecule has 4 saturated heterocycles. The van der Waals surface area contributed by atoms with E-state index in [4.69, 9.17) is 15.0 Å². The number of benzene rings is 3. The van der Waals surface area contributed by atoms with Gasteiger partial charge in [-0.3, -0.25) is 43.8 Å². The summed E-state index contributed by atoms with van der Waals surface area (Å²) >= 11 is 0. The first kappa shape index (κ1) is 55.6. The van der Waals surface area contributed by atoms with Gasteiger partial charge in [0.1, 0.15) is 23.2 Å². The largest absolute Gasteiger partial charge is 0.367 e. The number of imidazole rings is 1. The molecule has 0 radical (unpaired) electrons. The van der Waals surface area contributed by atoms with Gasteiger partial charge in [-0.2, -0.15) is 0 Å². The fraction of sp³-hybridized carbons (Fsp3) is 0.438. The van der Waals surface area contributed by atoms with Crippen molar-refractivity contribution in [1.29, 1.82) is 0 Å². The van der Waals surface area contributed by atoms with Gasteiger partial charge in [-0.05, 0) is 152 Å². The first-order valence-electron chi connectivity index (χ1n) is 30.0. The van der Waals surface area contributed by atoms with Crippen molar-refractivity contribution in [1.82, 2.24) is 44.9 Å². The summed E-state index contributed by atoms with van der Waals surface area (Å²) < 4.78 is 17.9. The van der Waals surface area contributed by atoms with Gasteiger partial charge in [0.2, 0.25) is 17.7 Å². The average Bonchev–Trinajstić information content (AvgIpc) is 1.71. The number of aryl methyl sites for hydroxylation is 1. The molecule has 1 aliphatic carbocycles. The van der Waals surface area contributed by atoms with E-state index in [1.54, 1.807) is 37.6 Å². The third-order valence-electron chi connectivity index (χ3n) is 18.7. The third-order valence-corrected chi connectivity index (χ3v) is 18.7. The number of carbonyl (C=O) groups excluding carboxylic acids is 7. The van der Waals surface area contributed by atoms with Crippen molar-refractivity contribution in [2.75, 3.05) is 72.4 Å². The number of amides is 7. The minimum Gasteiger partial charge on any atom is -0.367 e. The molecule has 1 spiro atoms. The zero-order valence-corrected chi connectivity index (χ0v) is 48.6. The molecule has 440 valence electrons. The number of carbonyl (C=O) groups is 7. The Balaban J connectivity index is 0.726. The van der Waals surface area contributed by atoms with E-state index in [-0.39, 0.29) is 65.5 Å². The van der Waals surface area contributed by atoms with Gasteiger partial charge in [0.25, 0.3) is 23.6 Å². The molecule has 6 aliphatic heterocycles. The maximum Gasteiger partial charge on any atom is 0.264 e. The summed E-state index contributed by atoms with van der Waals surface area (Å²) in [6, 6.07) is 19.0. The highest BCUT2D eigenvalue weighted by Gasteiger charge is 2.56. The molecule has 7 aliphatic rings. The van der Waals surface area contributed by atoms with Crippen molar-refractivity contribution in [3.8, 4) is 11.3 Å². The van der Waals surface area contributed by atoms with E-state index in [1.807, 2.05) is 61.4 Å². The van der Waals surface area contributed by atoms with Crippen molar-refractivity contribution >= 4 is 81.1 Å². The topological polar surface area (TPSA) is 219 Å². The van der Waals surface area contributed by atoms with Crippen molar-refractivity contribution < 1.29 is 38.0 Å². The van der Waals surface area contributed by atoms with E-state index < -0.39 is 40.9 Å². The van der Waals surface area contributed by atoms with Crippen molar-refractivity contribution in [3.63, 3.8) is 0 Å². The fourth-order valence-corrected chi connectivity index (χ4v) is 14.0. The highest BCUT2D eigenvalue weighted by Crippen LogP contribution is 2.52. The number of fused-ring (bicyclic) bond motifs is 4. The summed E-state index contributed by atoms with van der Waals surface area (Å²) in [6.07, 6.45) is 9.76. The number of nitrogens with one attached hydrogen (secondary N) is 3. The molecular weight excluding hydrogens is 1080 g/mol. The fourth-order valence-electron chi connectivity index (χ4n) is 14.0. The number of hydrogen-bond donors (Lipinski definition) is 3. The molecule has 21 heteroatoms. The number of imide groups is 2. The van der Waals surface area contributed by atoms with Crippen LogP contribution >= 0.6 is 0 Å². The molecule has 1 atom stereocenters. The molecule has 3 aromatic heterocycles. The maximum absolute atomic E-state index is 16.0. The van der Waals surface area contributed by atoms with Gasteiger partial charge in [-0.15, -0.1) is 0 Å². The van der Waals surface area contributed by atoms with Crippen LogP contribution in [0.25, 0.3) is 22.3 Å². The van der Waals surface area contributed by atoms with Crippen LogP contribution < -0.4 is 30.7 Å². The standard InChI is InChI=1S/C64H70FN13O7/c1-36(2)68-58(80)44-32-48(46(65)28-38(44)5)70-57-56-49(67-35-76(56)37(3)4)33-47(69-57)39-12-14-45-52(29-39)77(42-30-41(31-42)72-20-7-6-8-21-72)63(85)64(45)18-22-75(23-19-64)60(82)40-13-16-53(66-34-40)74-26-24-73(25-27-74)50-11-9-10-43-55(50)62(84)78(61(43)83)51-15-17-54(79)71-59(51)81/h9-14,16,28-29,32-37,41-42,51H,6-8,15,17-27,30-31H2,1-5H3,(H,68,80)(H,69,70)(H,71,79,81). The molecule has 1 unspecified atom stereocenters. The van der Waals surface area contributed by atoms with Crippen LogP contribution in [0.1, 0.15) is 144 Å². The first-order chi connectivity index (χ1) is 41.0. The van der Waals surface area contributed by atoms with Crippen LogP contribution in [0, 0.1) is 12.7 Å². The predicted octanol–water partition coefficient (Wildman–Crippen LogP) is 7.67. The van der Waals surface area contributed by atoms with Crippen LogP contribution in [-0.4, -0.2) is 152 Å². The van der Waals surface area contributed by atoms with E-state index in [0.717, 1.165) is 47.6 Å². The molecule has 20 nitrogen and oxygen atoms in total. The second-order valence-corrected chi connectivity index (χ2v) is 24.6. The van der Waals surface area contributed by atoms with Gasteiger partial charge >= 0.3 is 0 Å². The monoisotopic (exact) mass is 1150 g/mol. The summed E-state index contributed by atoms with van der Waals surface area (Å²) in [5.74, 6) is -2.01. The molecule has 9 heterocycles. The summed E-state index contributed by atoms with van der Waals surface area (Å²) in [4.78, 5) is 121. The summed E-state index contributed by atoms with van der Waals surface area (Å²) in [5, 5.41) is 8.45.